The second kappa shape index (κ2) is 3.91. The van der Waals surface area contributed by atoms with E-state index in [1.54, 1.807) is 7.11 Å². The maximum atomic E-state index is 5.55. The van der Waals surface area contributed by atoms with Gasteiger partial charge in [0.1, 0.15) is 11.4 Å². The molecule has 1 unspecified atom stereocenters. The van der Waals surface area contributed by atoms with Crippen LogP contribution in [0.5, 0.6) is 0 Å². The molecule has 16 heavy (non-hydrogen) atoms. The number of methoxy groups -OCH3 is 1. The van der Waals surface area contributed by atoms with Gasteiger partial charge in [-0.3, -0.25) is 0 Å². The van der Waals surface area contributed by atoms with E-state index in [4.69, 9.17) is 4.74 Å². The van der Waals surface area contributed by atoms with E-state index < -0.39 is 0 Å². The molecule has 0 aliphatic heterocycles. The standard InChI is InChI=1S/C13H18N2O/c1-5-13(3,16-4)12-14-10-8-6-7-9(2)11(10)15-12/h6-8H,5H2,1-4H3,(H,14,15). The van der Waals surface area contributed by atoms with Crippen molar-refractivity contribution >= 4 is 11.0 Å². The van der Waals surface area contributed by atoms with Gasteiger partial charge in [-0.15, -0.1) is 0 Å². The molecule has 3 heteroatoms. The van der Waals surface area contributed by atoms with Gasteiger partial charge in [0.2, 0.25) is 0 Å². The molecule has 2 aromatic rings. The second-order valence-electron chi connectivity index (χ2n) is 4.35. The van der Waals surface area contributed by atoms with Crippen molar-refractivity contribution in [2.75, 3.05) is 7.11 Å². The molecule has 86 valence electrons. The summed E-state index contributed by atoms with van der Waals surface area (Å²) in [5, 5.41) is 0. The summed E-state index contributed by atoms with van der Waals surface area (Å²) in [5.41, 5.74) is 2.97. The number of H-pyrrole nitrogens is 1. The van der Waals surface area contributed by atoms with Gasteiger partial charge in [-0.05, 0) is 31.9 Å². The molecule has 0 bridgehead atoms. The predicted molar refractivity (Wildman–Crippen MR) is 65.5 cm³/mol. The van der Waals surface area contributed by atoms with Crippen molar-refractivity contribution in [1.29, 1.82) is 0 Å². The zero-order chi connectivity index (χ0) is 11.8. The predicted octanol–water partition coefficient (Wildman–Crippen LogP) is 3.14. The van der Waals surface area contributed by atoms with Gasteiger partial charge >= 0.3 is 0 Å². The molecule has 0 amide bonds. The van der Waals surface area contributed by atoms with E-state index >= 15 is 0 Å². The van der Waals surface area contributed by atoms with Crippen LogP contribution in [0.2, 0.25) is 0 Å². The number of imidazole rings is 1. The summed E-state index contributed by atoms with van der Waals surface area (Å²) in [6, 6.07) is 6.16. The molecule has 1 aromatic carbocycles. The Bertz CT molecular complexity index is 498. The van der Waals surface area contributed by atoms with Crippen LogP contribution in [0.25, 0.3) is 11.0 Å². The number of ether oxygens (including phenoxy) is 1. The van der Waals surface area contributed by atoms with Crippen LogP contribution in [0.3, 0.4) is 0 Å². The molecule has 1 atom stereocenters. The van der Waals surface area contributed by atoms with Gasteiger partial charge in [0.25, 0.3) is 0 Å². The lowest BCUT2D eigenvalue weighted by Gasteiger charge is -2.23. The molecule has 1 heterocycles. The average molecular weight is 218 g/mol. The lowest BCUT2D eigenvalue weighted by atomic mass is 10.0. The van der Waals surface area contributed by atoms with Crippen LogP contribution >= 0.6 is 0 Å². The fourth-order valence-corrected chi connectivity index (χ4v) is 1.83. The van der Waals surface area contributed by atoms with Crippen molar-refractivity contribution < 1.29 is 4.74 Å². The highest BCUT2D eigenvalue weighted by Crippen LogP contribution is 2.28. The molecule has 0 radical (unpaired) electrons. The van der Waals surface area contributed by atoms with E-state index in [9.17, 15) is 0 Å². The van der Waals surface area contributed by atoms with Crippen molar-refractivity contribution in [2.45, 2.75) is 32.8 Å². The molecular formula is C13H18N2O. The second-order valence-corrected chi connectivity index (χ2v) is 4.35. The Labute approximate surface area is 95.8 Å². The Kier molecular flexibility index (Phi) is 2.72. The molecule has 1 aromatic heterocycles. The molecule has 3 nitrogen and oxygen atoms in total. The van der Waals surface area contributed by atoms with Gasteiger partial charge in [0.15, 0.2) is 0 Å². The maximum Gasteiger partial charge on any atom is 0.139 e. The van der Waals surface area contributed by atoms with Gasteiger partial charge in [-0.25, -0.2) is 4.98 Å². The first kappa shape index (κ1) is 11.1. The van der Waals surface area contributed by atoms with Crippen LogP contribution in [0.4, 0.5) is 0 Å². The van der Waals surface area contributed by atoms with Gasteiger partial charge < -0.3 is 9.72 Å². The lowest BCUT2D eigenvalue weighted by Crippen LogP contribution is -2.24. The topological polar surface area (TPSA) is 37.9 Å². The van der Waals surface area contributed by atoms with Crippen LogP contribution < -0.4 is 0 Å². The average Bonchev–Trinajstić information content (AvgIpc) is 2.74. The van der Waals surface area contributed by atoms with E-state index in [0.29, 0.717) is 0 Å². The summed E-state index contributed by atoms with van der Waals surface area (Å²) in [4.78, 5) is 7.99. The number of hydrogen-bond acceptors (Lipinski definition) is 2. The Morgan fingerprint density at radius 2 is 2.19 bits per heavy atom. The number of aromatic amines is 1. The summed E-state index contributed by atoms with van der Waals surface area (Å²) in [5.74, 6) is 0.904. The zero-order valence-electron chi connectivity index (χ0n) is 10.3. The van der Waals surface area contributed by atoms with Crippen LogP contribution in [-0.2, 0) is 10.3 Å². The fraction of sp³-hybridized carbons (Fsp3) is 0.462. The minimum atomic E-state index is -0.328. The quantitative estimate of drug-likeness (QED) is 0.859. The molecule has 0 saturated carbocycles. The molecule has 2 rings (SSSR count). The lowest BCUT2D eigenvalue weighted by molar-refractivity contribution is -0.00803. The highest BCUT2D eigenvalue weighted by molar-refractivity contribution is 5.78. The van der Waals surface area contributed by atoms with Crippen molar-refractivity contribution in [3.8, 4) is 0 Å². The first-order chi connectivity index (χ1) is 7.60. The molecular weight excluding hydrogens is 200 g/mol. The third-order valence-corrected chi connectivity index (χ3v) is 3.34. The minimum Gasteiger partial charge on any atom is -0.371 e. The molecule has 0 aliphatic carbocycles. The summed E-state index contributed by atoms with van der Waals surface area (Å²) in [6.07, 6.45) is 0.891. The minimum absolute atomic E-state index is 0.328. The first-order valence-corrected chi connectivity index (χ1v) is 5.61. The number of nitrogens with one attached hydrogen (secondary N) is 1. The van der Waals surface area contributed by atoms with E-state index in [-0.39, 0.29) is 5.60 Å². The van der Waals surface area contributed by atoms with Crippen LogP contribution in [-0.4, -0.2) is 17.1 Å². The molecule has 1 N–H and O–H groups in total. The zero-order valence-corrected chi connectivity index (χ0v) is 10.3. The van der Waals surface area contributed by atoms with Gasteiger partial charge in [-0.1, -0.05) is 19.1 Å². The van der Waals surface area contributed by atoms with Crippen molar-refractivity contribution in [2.24, 2.45) is 0 Å². The Morgan fingerprint density at radius 1 is 1.44 bits per heavy atom. The number of nitrogens with zero attached hydrogens (tertiary/aromatic N) is 1. The monoisotopic (exact) mass is 218 g/mol. The Morgan fingerprint density at radius 3 is 2.75 bits per heavy atom. The van der Waals surface area contributed by atoms with Crippen molar-refractivity contribution in [3.63, 3.8) is 0 Å². The summed E-state index contributed by atoms with van der Waals surface area (Å²) in [6.45, 7) is 6.23. The number of aryl methyl sites for hydroxylation is 1. The summed E-state index contributed by atoms with van der Waals surface area (Å²) < 4.78 is 5.55. The Balaban J connectivity index is 2.59. The molecule has 0 fully saturated rings. The van der Waals surface area contributed by atoms with Crippen LogP contribution in [0.1, 0.15) is 31.7 Å². The number of hydrogen-bond donors (Lipinski definition) is 1. The number of fused-ring (bicyclic) bond motifs is 1. The van der Waals surface area contributed by atoms with Gasteiger partial charge in [0, 0.05) is 7.11 Å². The van der Waals surface area contributed by atoms with E-state index in [1.807, 2.05) is 12.1 Å². The normalized spacial score (nSPS) is 15.2. The first-order valence-electron chi connectivity index (χ1n) is 5.61. The molecule has 0 aliphatic rings. The highest BCUT2D eigenvalue weighted by atomic mass is 16.5. The number of para-hydroxylation sites is 1. The van der Waals surface area contributed by atoms with Gasteiger partial charge in [0.05, 0.1) is 11.0 Å². The fourth-order valence-electron chi connectivity index (χ4n) is 1.83. The molecule has 0 spiro atoms. The number of aromatic nitrogens is 2. The Hall–Kier alpha value is -1.35. The molecule has 0 saturated heterocycles. The summed E-state index contributed by atoms with van der Waals surface area (Å²) >= 11 is 0. The smallest absolute Gasteiger partial charge is 0.139 e. The van der Waals surface area contributed by atoms with Gasteiger partial charge in [-0.2, -0.15) is 0 Å². The number of benzene rings is 1. The number of rotatable bonds is 3. The highest BCUT2D eigenvalue weighted by Gasteiger charge is 2.27. The van der Waals surface area contributed by atoms with Crippen molar-refractivity contribution in [1.82, 2.24) is 9.97 Å². The SMILES string of the molecule is CCC(C)(OC)c1nc2c(C)cccc2[nH]1. The van der Waals surface area contributed by atoms with Crippen molar-refractivity contribution in [3.05, 3.63) is 29.6 Å². The maximum absolute atomic E-state index is 5.55. The van der Waals surface area contributed by atoms with E-state index in [0.717, 1.165) is 23.3 Å². The largest absolute Gasteiger partial charge is 0.371 e. The van der Waals surface area contributed by atoms with E-state index in [1.165, 1.54) is 5.56 Å². The summed E-state index contributed by atoms with van der Waals surface area (Å²) in [7, 11) is 1.73. The van der Waals surface area contributed by atoms with Crippen LogP contribution in [0.15, 0.2) is 18.2 Å². The van der Waals surface area contributed by atoms with Crippen LogP contribution in [0, 0.1) is 6.92 Å². The third-order valence-electron chi connectivity index (χ3n) is 3.34. The van der Waals surface area contributed by atoms with E-state index in [2.05, 4.69) is 36.8 Å². The third kappa shape index (κ3) is 1.61.